The lowest BCUT2D eigenvalue weighted by molar-refractivity contribution is -0.417. The van der Waals surface area contributed by atoms with E-state index in [9.17, 15) is 14.4 Å². The minimum absolute atomic E-state index is 0.0628. The number of hydrogen-bond donors (Lipinski definition) is 1. The number of para-hydroxylation sites is 2. The number of imide groups is 1. The maximum absolute atomic E-state index is 13.3. The average Bonchev–Trinajstić information content (AvgIpc) is 3.05. The molecule has 0 fully saturated rings. The van der Waals surface area contributed by atoms with Gasteiger partial charge in [-0.05, 0) is 38.1 Å². The van der Waals surface area contributed by atoms with Crippen molar-refractivity contribution >= 4 is 29.2 Å². The van der Waals surface area contributed by atoms with Crippen LogP contribution in [0.2, 0.25) is 0 Å². The van der Waals surface area contributed by atoms with E-state index in [0.29, 0.717) is 22.7 Å². The standard InChI is InChI=1S/C21H19N3O4/c1-13(2)22-17(25)12-23-18-15-10-6-7-11-16(15)28-19(18)20(26)24(21(23)27)14-8-4-3-5-9-14/h3-11,13,19H,12H2,1-2H3/p+1. The molecule has 0 aliphatic carbocycles. The number of benzene rings is 2. The fraction of sp³-hybridized carbons (Fsp3) is 0.238. The zero-order valence-electron chi connectivity index (χ0n) is 15.6. The topological polar surface area (TPSA) is 78.7 Å². The maximum atomic E-state index is 13.3. The first-order valence-corrected chi connectivity index (χ1v) is 9.10. The summed E-state index contributed by atoms with van der Waals surface area (Å²) in [5.41, 5.74) is 1.50. The number of carbonyl (C=O) groups is 3. The van der Waals surface area contributed by atoms with E-state index in [1.54, 1.807) is 48.5 Å². The van der Waals surface area contributed by atoms with Crippen molar-refractivity contribution in [3.63, 3.8) is 0 Å². The van der Waals surface area contributed by atoms with E-state index in [1.807, 2.05) is 19.9 Å². The number of anilines is 1. The molecule has 4 amide bonds. The van der Waals surface area contributed by atoms with Crippen molar-refractivity contribution in [1.29, 1.82) is 0 Å². The lowest BCUT2D eigenvalue weighted by Crippen LogP contribution is -2.59. The Hall–Kier alpha value is -3.48. The molecule has 0 radical (unpaired) electrons. The van der Waals surface area contributed by atoms with Crippen LogP contribution in [-0.4, -0.2) is 46.8 Å². The Morgan fingerprint density at radius 1 is 1.11 bits per heavy atom. The summed E-state index contributed by atoms with van der Waals surface area (Å²) in [4.78, 5) is 39.9. The highest BCUT2D eigenvalue weighted by Gasteiger charge is 2.54. The molecule has 1 unspecified atom stereocenters. The van der Waals surface area contributed by atoms with Gasteiger partial charge in [0.1, 0.15) is 11.4 Å². The van der Waals surface area contributed by atoms with Gasteiger partial charge < -0.3 is 10.1 Å². The van der Waals surface area contributed by atoms with Gasteiger partial charge in [0.15, 0.2) is 12.3 Å². The zero-order chi connectivity index (χ0) is 19.8. The summed E-state index contributed by atoms with van der Waals surface area (Å²) >= 11 is 0. The van der Waals surface area contributed by atoms with Crippen LogP contribution in [0.5, 0.6) is 5.75 Å². The molecular formula is C21H20N3O4+. The number of rotatable bonds is 4. The minimum atomic E-state index is -0.970. The van der Waals surface area contributed by atoms with Gasteiger partial charge in [-0.15, -0.1) is 4.90 Å². The van der Waals surface area contributed by atoms with E-state index < -0.39 is 18.0 Å². The van der Waals surface area contributed by atoms with E-state index in [0.717, 1.165) is 4.90 Å². The molecule has 0 saturated heterocycles. The quantitative estimate of drug-likeness (QED) is 0.825. The molecule has 1 N–H and O–H groups in total. The summed E-state index contributed by atoms with van der Waals surface area (Å²) in [7, 11) is 0. The van der Waals surface area contributed by atoms with Gasteiger partial charge in [0.2, 0.25) is 0 Å². The second kappa shape index (κ2) is 6.92. The fourth-order valence-corrected chi connectivity index (χ4v) is 3.47. The molecule has 2 aliphatic rings. The van der Waals surface area contributed by atoms with Gasteiger partial charge in [0, 0.05) is 6.04 Å². The predicted octanol–water partition coefficient (Wildman–Crippen LogP) is 1.94. The smallest absolute Gasteiger partial charge is 0.469 e. The number of fused-ring (bicyclic) bond motifs is 3. The number of nitrogens with one attached hydrogen (secondary N) is 1. The van der Waals surface area contributed by atoms with Crippen LogP contribution >= 0.6 is 0 Å². The zero-order valence-corrected chi connectivity index (χ0v) is 15.6. The molecule has 0 bridgehead atoms. The van der Waals surface area contributed by atoms with E-state index in [1.165, 1.54) is 4.58 Å². The van der Waals surface area contributed by atoms with Crippen LogP contribution in [0.4, 0.5) is 10.5 Å². The molecule has 1 atom stereocenters. The van der Waals surface area contributed by atoms with Crippen molar-refractivity contribution in [2.45, 2.75) is 26.0 Å². The molecule has 2 heterocycles. The number of nitrogens with zero attached hydrogens (tertiary/aromatic N) is 2. The molecule has 7 heteroatoms. The summed E-state index contributed by atoms with van der Waals surface area (Å²) < 4.78 is 7.20. The second-order valence-electron chi connectivity index (χ2n) is 6.98. The van der Waals surface area contributed by atoms with Crippen molar-refractivity contribution in [1.82, 2.24) is 5.32 Å². The number of amides is 4. The summed E-state index contributed by atoms with van der Waals surface area (Å²) in [6, 6.07) is 15.2. The van der Waals surface area contributed by atoms with Crippen molar-refractivity contribution in [3.8, 4) is 5.75 Å². The highest BCUT2D eigenvalue weighted by molar-refractivity contribution is 6.29. The van der Waals surface area contributed by atoms with Gasteiger partial charge in [0.25, 0.3) is 12.0 Å². The molecule has 28 heavy (non-hydrogen) atoms. The van der Waals surface area contributed by atoms with Crippen molar-refractivity contribution < 1.29 is 23.7 Å². The van der Waals surface area contributed by atoms with E-state index in [4.69, 9.17) is 4.74 Å². The van der Waals surface area contributed by atoms with Crippen molar-refractivity contribution in [3.05, 3.63) is 60.2 Å². The van der Waals surface area contributed by atoms with E-state index in [2.05, 4.69) is 5.32 Å². The molecule has 2 aromatic carbocycles. The molecular weight excluding hydrogens is 358 g/mol. The molecule has 0 saturated carbocycles. The highest BCUT2D eigenvalue weighted by Crippen LogP contribution is 2.33. The van der Waals surface area contributed by atoms with Gasteiger partial charge in [-0.3, -0.25) is 4.79 Å². The largest absolute Gasteiger partial charge is 0.506 e. The van der Waals surface area contributed by atoms with Crippen molar-refractivity contribution in [2.75, 3.05) is 11.4 Å². The lowest BCUT2D eigenvalue weighted by Gasteiger charge is -2.24. The normalized spacial score (nSPS) is 18.1. The Morgan fingerprint density at radius 3 is 2.50 bits per heavy atom. The van der Waals surface area contributed by atoms with Crippen LogP contribution in [0.25, 0.3) is 0 Å². The summed E-state index contributed by atoms with van der Waals surface area (Å²) in [5.74, 6) is -0.253. The maximum Gasteiger partial charge on any atom is 0.506 e. The number of carbonyl (C=O) groups excluding carboxylic acids is 3. The fourth-order valence-electron chi connectivity index (χ4n) is 3.47. The third kappa shape index (κ3) is 2.94. The summed E-state index contributed by atoms with van der Waals surface area (Å²) in [6.07, 6.45) is -0.970. The molecule has 2 aromatic rings. The van der Waals surface area contributed by atoms with Crippen LogP contribution in [0.1, 0.15) is 19.4 Å². The number of ether oxygens (including phenoxy) is 1. The molecule has 0 spiro atoms. The van der Waals surface area contributed by atoms with Gasteiger partial charge >= 0.3 is 11.9 Å². The Morgan fingerprint density at radius 2 is 1.79 bits per heavy atom. The molecule has 7 nitrogen and oxygen atoms in total. The molecule has 0 aromatic heterocycles. The Kier molecular flexibility index (Phi) is 4.43. The Labute approximate surface area is 162 Å². The number of hydrogen-bond acceptors (Lipinski definition) is 4. The third-order valence-corrected chi connectivity index (χ3v) is 4.58. The number of urea groups is 1. The lowest BCUT2D eigenvalue weighted by atomic mass is 10.0. The van der Waals surface area contributed by atoms with E-state index in [-0.39, 0.29) is 18.5 Å². The van der Waals surface area contributed by atoms with Gasteiger partial charge in [0.05, 0.1) is 5.56 Å². The van der Waals surface area contributed by atoms with Crippen molar-refractivity contribution in [2.24, 2.45) is 0 Å². The van der Waals surface area contributed by atoms with Crippen LogP contribution in [0, 0.1) is 0 Å². The summed E-state index contributed by atoms with van der Waals surface area (Å²) in [5, 5.41) is 2.79. The predicted molar refractivity (Wildman–Crippen MR) is 103 cm³/mol. The third-order valence-electron chi connectivity index (χ3n) is 4.58. The first-order chi connectivity index (χ1) is 13.5. The summed E-state index contributed by atoms with van der Waals surface area (Å²) in [6.45, 7) is 3.50. The van der Waals surface area contributed by atoms with Crippen LogP contribution in [-0.2, 0) is 9.59 Å². The second-order valence-corrected chi connectivity index (χ2v) is 6.98. The van der Waals surface area contributed by atoms with Gasteiger partial charge in [-0.25, -0.2) is 4.79 Å². The minimum Gasteiger partial charge on any atom is -0.469 e. The van der Waals surface area contributed by atoms with Gasteiger partial charge in [-0.2, -0.15) is 9.37 Å². The molecule has 4 rings (SSSR count). The first-order valence-electron chi connectivity index (χ1n) is 9.10. The SMILES string of the molecule is CC(C)NC(=O)C[N+]1=C2c3ccccc3OC2C(=O)N(c2ccccc2)C1=O. The monoisotopic (exact) mass is 378 g/mol. The Bertz CT molecular complexity index is 998. The van der Waals surface area contributed by atoms with E-state index >= 15 is 0 Å². The molecule has 142 valence electrons. The van der Waals surface area contributed by atoms with Crippen LogP contribution in [0.15, 0.2) is 54.6 Å². The Balaban J connectivity index is 1.83. The van der Waals surface area contributed by atoms with Crippen LogP contribution < -0.4 is 15.0 Å². The van der Waals surface area contributed by atoms with Gasteiger partial charge in [-0.1, -0.05) is 30.3 Å². The average molecular weight is 378 g/mol. The molecule has 2 aliphatic heterocycles. The van der Waals surface area contributed by atoms with Crippen LogP contribution in [0.3, 0.4) is 0 Å². The first kappa shape index (κ1) is 17.9. The highest BCUT2D eigenvalue weighted by atomic mass is 16.5.